The molecule has 0 amide bonds. The van der Waals surface area contributed by atoms with E-state index in [2.05, 4.69) is 0 Å². The van der Waals surface area contributed by atoms with Crippen molar-refractivity contribution in [1.29, 1.82) is 0 Å². The summed E-state index contributed by atoms with van der Waals surface area (Å²) in [7, 11) is 1.60. The minimum atomic E-state index is -0.0938. The van der Waals surface area contributed by atoms with Crippen molar-refractivity contribution in [2.75, 3.05) is 12.8 Å². The highest BCUT2D eigenvalue weighted by Crippen LogP contribution is 2.23. The van der Waals surface area contributed by atoms with Crippen molar-refractivity contribution in [3.05, 3.63) is 59.0 Å². The van der Waals surface area contributed by atoms with Gasteiger partial charge in [-0.2, -0.15) is 0 Å². The Labute approximate surface area is 115 Å². The fourth-order valence-electron chi connectivity index (χ4n) is 2.12. The topological polar surface area (TPSA) is 65.5 Å². The number of fused-ring (bicyclic) bond motifs is 1. The number of methoxy groups -OCH3 is 1. The molecule has 1 heterocycles. The zero-order valence-corrected chi connectivity index (χ0v) is 10.9. The van der Waals surface area contributed by atoms with Crippen LogP contribution in [0.4, 0.5) is 5.69 Å². The van der Waals surface area contributed by atoms with E-state index in [0.717, 1.165) is 11.3 Å². The lowest BCUT2D eigenvalue weighted by molar-refractivity contribution is 0.415. The first-order valence-corrected chi connectivity index (χ1v) is 6.14. The number of hydrogen-bond acceptors (Lipinski definition) is 4. The molecule has 3 aromatic rings. The van der Waals surface area contributed by atoms with Crippen LogP contribution in [0.1, 0.15) is 0 Å². The molecule has 0 saturated carbocycles. The van der Waals surface area contributed by atoms with E-state index in [0.29, 0.717) is 22.2 Å². The second-order valence-corrected chi connectivity index (χ2v) is 4.46. The van der Waals surface area contributed by atoms with Gasteiger partial charge >= 0.3 is 0 Å². The van der Waals surface area contributed by atoms with E-state index in [9.17, 15) is 4.79 Å². The Morgan fingerprint density at radius 3 is 2.55 bits per heavy atom. The Hall–Kier alpha value is -2.75. The maximum Gasteiger partial charge on any atom is 0.200 e. The molecule has 4 heteroatoms. The first-order valence-electron chi connectivity index (χ1n) is 6.14. The fraction of sp³-hybridized carbons (Fsp3) is 0.0625. The van der Waals surface area contributed by atoms with Crippen LogP contribution in [0.3, 0.4) is 0 Å². The SMILES string of the molecule is COc1ccc(-c2coc3ccc(N)cc3c2=O)cc1. The molecule has 0 aliphatic heterocycles. The third-order valence-electron chi connectivity index (χ3n) is 3.20. The predicted octanol–water partition coefficient (Wildman–Crippen LogP) is 3.05. The van der Waals surface area contributed by atoms with Crippen LogP contribution in [-0.2, 0) is 0 Å². The molecular formula is C16H13NO3. The standard InChI is InChI=1S/C16H13NO3/c1-19-12-5-2-10(3-6-12)14-9-20-15-7-4-11(17)8-13(15)16(14)18/h2-9H,17H2,1H3. The van der Waals surface area contributed by atoms with Crippen LogP contribution >= 0.6 is 0 Å². The summed E-state index contributed by atoms with van der Waals surface area (Å²) in [5, 5.41) is 0.485. The lowest BCUT2D eigenvalue weighted by atomic mass is 10.1. The van der Waals surface area contributed by atoms with Crippen molar-refractivity contribution in [2.24, 2.45) is 0 Å². The summed E-state index contributed by atoms with van der Waals surface area (Å²) in [5.74, 6) is 0.739. The normalized spacial score (nSPS) is 10.7. The van der Waals surface area contributed by atoms with Crippen LogP contribution < -0.4 is 15.9 Å². The van der Waals surface area contributed by atoms with Crippen LogP contribution in [0.5, 0.6) is 5.75 Å². The van der Waals surface area contributed by atoms with E-state index >= 15 is 0 Å². The summed E-state index contributed by atoms with van der Waals surface area (Å²) >= 11 is 0. The molecule has 20 heavy (non-hydrogen) atoms. The van der Waals surface area contributed by atoms with Gasteiger partial charge in [0.05, 0.1) is 18.1 Å². The predicted molar refractivity (Wildman–Crippen MR) is 78.9 cm³/mol. The Balaban J connectivity index is 2.20. The highest BCUT2D eigenvalue weighted by atomic mass is 16.5. The zero-order valence-electron chi connectivity index (χ0n) is 10.9. The summed E-state index contributed by atoms with van der Waals surface area (Å²) in [6.45, 7) is 0. The lowest BCUT2D eigenvalue weighted by Gasteiger charge is -2.04. The molecule has 100 valence electrons. The molecule has 4 nitrogen and oxygen atoms in total. The van der Waals surface area contributed by atoms with E-state index in [-0.39, 0.29) is 5.43 Å². The minimum Gasteiger partial charge on any atom is -0.497 e. The number of hydrogen-bond donors (Lipinski definition) is 1. The summed E-state index contributed by atoms with van der Waals surface area (Å²) < 4.78 is 10.6. The van der Waals surface area contributed by atoms with Gasteiger partial charge in [-0.05, 0) is 35.9 Å². The van der Waals surface area contributed by atoms with Gasteiger partial charge in [0.25, 0.3) is 0 Å². The molecule has 0 unspecified atom stereocenters. The molecule has 0 fully saturated rings. The first-order chi connectivity index (χ1) is 9.69. The van der Waals surface area contributed by atoms with Gasteiger partial charge in [0.15, 0.2) is 0 Å². The monoisotopic (exact) mass is 267 g/mol. The molecular weight excluding hydrogens is 254 g/mol. The Morgan fingerprint density at radius 1 is 1.10 bits per heavy atom. The van der Waals surface area contributed by atoms with Crippen LogP contribution in [0.25, 0.3) is 22.1 Å². The highest BCUT2D eigenvalue weighted by Gasteiger charge is 2.09. The smallest absolute Gasteiger partial charge is 0.200 e. The summed E-state index contributed by atoms with van der Waals surface area (Å²) in [6.07, 6.45) is 1.47. The molecule has 0 spiro atoms. The van der Waals surface area contributed by atoms with E-state index < -0.39 is 0 Å². The lowest BCUT2D eigenvalue weighted by Crippen LogP contribution is -2.05. The number of nitrogens with two attached hydrogens (primary N) is 1. The van der Waals surface area contributed by atoms with Crippen molar-refractivity contribution in [3.63, 3.8) is 0 Å². The Bertz CT molecular complexity index is 819. The van der Waals surface area contributed by atoms with Crippen LogP contribution in [0.15, 0.2) is 57.9 Å². The van der Waals surface area contributed by atoms with Gasteiger partial charge in [0.1, 0.15) is 17.6 Å². The van der Waals surface area contributed by atoms with Gasteiger partial charge < -0.3 is 14.9 Å². The van der Waals surface area contributed by atoms with Gasteiger partial charge in [0.2, 0.25) is 5.43 Å². The van der Waals surface area contributed by atoms with Crippen molar-refractivity contribution in [1.82, 2.24) is 0 Å². The van der Waals surface area contributed by atoms with Gasteiger partial charge in [-0.25, -0.2) is 0 Å². The number of ether oxygens (including phenoxy) is 1. The maximum absolute atomic E-state index is 12.5. The summed E-state index contributed by atoms with van der Waals surface area (Å²) in [4.78, 5) is 12.5. The highest BCUT2D eigenvalue weighted by molar-refractivity contribution is 5.84. The minimum absolute atomic E-state index is 0.0938. The van der Waals surface area contributed by atoms with Crippen LogP contribution in [0, 0.1) is 0 Å². The van der Waals surface area contributed by atoms with Gasteiger partial charge in [-0.3, -0.25) is 4.79 Å². The number of benzene rings is 2. The number of anilines is 1. The van der Waals surface area contributed by atoms with Crippen molar-refractivity contribution >= 4 is 16.7 Å². The van der Waals surface area contributed by atoms with Crippen molar-refractivity contribution in [3.8, 4) is 16.9 Å². The van der Waals surface area contributed by atoms with E-state index in [1.54, 1.807) is 37.4 Å². The van der Waals surface area contributed by atoms with Crippen LogP contribution in [-0.4, -0.2) is 7.11 Å². The average molecular weight is 267 g/mol. The Kier molecular flexibility index (Phi) is 2.91. The van der Waals surface area contributed by atoms with Crippen molar-refractivity contribution < 1.29 is 9.15 Å². The fourth-order valence-corrected chi connectivity index (χ4v) is 2.12. The zero-order chi connectivity index (χ0) is 14.1. The summed E-state index contributed by atoms with van der Waals surface area (Å²) in [6, 6.07) is 12.3. The van der Waals surface area contributed by atoms with E-state index in [1.165, 1.54) is 6.26 Å². The molecule has 1 aromatic heterocycles. The quantitative estimate of drug-likeness (QED) is 0.725. The second kappa shape index (κ2) is 4.74. The van der Waals surface area contributed by atoms with E-state index in [1.807, 2.05) is 12.1 Å². The Morgan fingerprint density at radius 2 is 1.85 bits per heavy atom. The third kappa shape index (κ3) is 2.01. The molecule has 2 aromatic carbocycles. The summed E-state index contributed by atoms with van der Waals surface area (Å²) in [5.41, 5.74) is 7.98. The second-order valence-electron chi connectivity index (χ2n) is 4.46. The molecule has 0 radical (unpaired) electrons. The molecule has 0 saturated heterocycles. The molecule has 0 atom stereocenters. The van der Waals surface area contributed by atoms with Gasteiger partial charge in [0, 0.05) is 5.69 Å². The molecule has 0 aliphatic carbocycles. The molecule has 0 aliphatic rings. The first kappa shape index (κ1) is 12.3. The molecule has 3 rings (SSSR count). The van der Waals surface area contributed by atoms with Gasteiger partial charge in [-0.1, -0.05) is 12.1 Å². The maximum atomic E-state index is 12.5. The molecule has 2 N–H and O–H groups in total. The van der Waals surface area contributed by atoms with E-state index in [4.69, 9.17) is 14.9 Å². The molecule has 0 bridgehead atoms. The number of rotatable bonds is 2. The van der Waals surface area contributed by atoms with Crippen LogP contribution in [0.2, 0.25) is 0 Å². The van der Waals surface area contributed by atoms with Crippen molar-refractivity contribution in [2.45, 2.75) is 0 Å². The average Bonchev–Trinajstić information content (AvgIpc) is 2.48. The third-order valence-corrected chi connectivity index (χ3v) is 3.20. The largest absolute Gasteiger partial charge is 0.497 e. The number of nitrogen functional groups attached to an aromatic ring is 1. The van der Waals surface area contributed by atoms with Gasteiger partial charge in [-0.15, -0.1) is 0 Å².